The third-order valence-corrected chi connectivity index (χ3v) is 26.7. The van der Waals surface area contributed by atoms with E-state index >= 15 is 22.0 Å². The number of aryl methyl sites for hydroxylation is 5. The van der Waals surface area contributed by atoms with Crippen LogP contribution in [-0.4, -0.2) is 228 Å². The quantitative estimate of drug-likeness (QED) is 0.0287. The Morgan fingerprint density at radius 1 is 0.441 bits per heavy atom. The summed E-state index contributed by atoms with van der Waals surface area (Å²) in [5, 5.41) is 7.23. The van der Waals surface area contributed by atoms with Crippen LogP contribution in [0.2, 0.25) is 0 Å². The van der Waals surface area contributed by atoms with Gasteiger partial charge < -0.3 is 91.9 Å². The number of anilines is 4. The molecule has 3 aromatic heterocycles. The summed E-state index contributed by atoms with van der Waals surface area (Å²) < 4.78 is 251. The molecule has 778 valence electrons. The van der Waals surface area contributed by atoms with Gasteiger partial charge in [0.05, 0.1) is 109 Å². The van der Waals surface area contributed by atoms with Crippen molar-refractivity contribution in [3.8, 4) is 50.9 Å². The molecule has 0 bridgehead atoms. The Morgan fingerprint density at radius 3 is 1.17 bits per heavy atom. The number of rotatable bonds is 24. The third-order valence-electron chi connectivity index (χ3n) is 26.7. The molecule has 7 aliphatic rings. The van der Waals surface area contributed by atoms with E-state index < -0.39 is 167 Å². The number of nitrogens with zero attached hydrogens (tertiary/aromatic N) is 9. The van der Waals surface area contributed by atoms with Gasteiger partial charge in [-0.3, -0.25) is 28.8 Å². The van der Waals surface area contributed by atoms with Gasteiger partial charge >= 0.3 is 36.4 Å². The van der Waals surface area contributed by atoms with Gasteiger partial charge in [-0.2, -0.15) is 39.5 Å². The average molecular weight is 2040 g/mol. The molecule has 0 saturated carbocycles. The van der Waals surface area contributed by atoms with Gasteiger partial charge in [0, 0.05) is 124 Å². The summed E-state index contributed by atoms with van der Waals surface area (Å²) in [6, 6.07) is 6.73. The topological polar surface area (TPSA) is 326 Å². The molecule has 30 nitrogen and oxygen atoms in total. The number of morpholine rings is 3. The summed E-state index contributed by atoms with van der Waals surface area (Å²) in [7, 11) is 8.37. The van der Waals surface area contributed by atoms with Crippen LogP contribution in [0.5, 0.6) is 17.2 Å². The molecule has 6 atom stereocenters. The number of benzene rings is 6. The van der Waals surface area contributed by atoms with E-state index in [0.29, 0.717) is 163 Å². The molecule has 44 heteroatoms. The lowest BCUT2D eigenvalue weighted by atomic mass is 9.89. The van der Waals surface area contributed by atoms with Gasteiger partial charge in [-0.1, -0.05) is 38.1 Å². The number of hydrogen-bond donors (Lipinski definition) is 3. The number of aromatic nitrogens is 5. The summed E-state index contributed by atoms with van der Waals surface area (Å²) >= 11 is 0. The van der Waals surface area contributed by atoms with E-state index in [2.05, 4.69) is 25.8 Å². The highest BCUT2D eigenvalue weighted by Gasteiger charge is 2.50. The van der Waals surface area contributed by atoms with Gasteiger partial charge in [-0.15, -0.1) is 0 Å². The fraction of sp³-hybridized carbons (Fsp3) is 0.455. The number of carbonyl (C=O) groups excluding carboxylic acids is 6. The number of fused-ring (bicyclic) bond motifs is 3. The second kappa shape index (κ2) is 44.9. The van der Waals surface area contributed by atoms with E-state index in [4.69, 9.17) is 47.6 Å². The van der Waals surface area contributed by atoms with E-state index in [1.54, 1.807) is 79.8 Å². The molecular formula is C101H108F14N12O18. The summed E-state index contributed by atoms with van der Waals surface area (Å²) in [5.74, 6) is -11.4. The minimum Gasteiger partial charge on any atom is -0.493 e. The van der Waals surface area contributed by atoms with Crippen molar-refractivity contribution in [2.24, 2.45) is 21.1 Å². The molecule has 6 aromatic carbocycles. The highest BCUT2D eigenvalue weighted by molar-refractivity contribution is 6.00. The lowest BCUT2D eigenvalue weighted by Gasteiger charge is -2.38. The van der Waals surface area contributed by atoms with Crippen molar-refractivity contribution >= 4 is 58.4 Å². The van der Waals surface area contributed by atoms with Gasteiger partial charge in [0.15, 0.2) is 0 Å². The number of alkyl halides is 9. The van der Waals surface area contributed by atoms with Crippen LogP contribution in [0.1, 0.15) is 132 Å². The number of halogens is 14. The zero-order valence-electron chi connectivity index (χ0n) is 81.1. The molecule has 16 rings (SSSR count). The molecule has 10 heterocycles. The van der Waals surface area contributed by atoms with Crippen molar-refractivity contribution in [1.29, 1.82) is 0 Å². The second-order valence-corrected chi connectivity index (χ2v) is 35.8. The van der Waals surface area contributed by atoms with E-state index in [0.717, 1.165) is 95.5 Å². The first-order valence-corrected chi connectivity index (χ1v) is 47.0. The normalized spacial score (nSPS) is 17.4. The van der Waals surface area contributed by atoms with Gasteiger partial charge in [-0.25, -0.2) is 46.3 Å². The Kier molecular flexibility index (Phi) is 33.2. The van der Waals surface area contributed by atoms with Crippen molar-refractivity contribution in [2.45, 2.75) is 166 Å². The Balaban J connectivity index is 0.000000172. The number of ether oxygens (including phenoxy) is 9. The van der Waals surface area contributed by atoms with Gasteiger partial charge in [-0.05, 0) is 172 Å². The molecule has 0 unspecified atom stereocenters. The van der Waals surface area contributed by atoms with Crippen LogP contribution in [0.4, 0.5) is 84.2 Å². The van der Waals surface area contributed by atoms with Crippen LogP contribution < -0.4 is 66.4 Å². The Bertz CT molecular complexity index is 6580. The Morgan fingerprint density at radius 2 is 0.807 bits per heavy atom. The van der Waals surface area contributed by atoms with E-state index in [1.807, 2.05) is 26.8 Å². The van der Waals surface area contributed by atoms with Gasteiger partial charge in [0.25, 0.3) is 34.4 Å². The molecule has 3 amide bonds. The SMILES string of the molecule is CCc1nc(-c2ccc(C[C@H](NC(=O)c3c(C)cc(N4CCOC[C@@H]4C(F)(F)F)cc3F)C(=O)OC)c3c2OCCC3)c(=O)n(C)c1CC.COC(=O)[C@H](Cc1ccc(-c2c(N3CCC3)cc(C)n(C)c2=O)c2c1CCCO2)NC(=O)c1c(F)cc(N2CCOC[C@@H]2C(F)(F)F)cc1F.COC(=O)[C@H](Cc1ccc(-c2nc(C)cn(C)c2=O)c2c1CCCO2)NC(=O)c1c(F)cc(N2CCOC[C@@H]2C(F)(F)F)cc1F. The standard InChI is InChI=1S/C35H37F5N4O6.C35H40F4N4O6.C31H31F5N4O6/c1-19-14-27(43-9-5-10-43)29(33(46)42(19)2)23-8-7-20(22-6-4-12-50-31(22)23)15-26(34(47)48-3)41-32(45)30-24(36)16-21(17-25(30)37)44-11-13-49-18-28(44)35(38,39)40;1-6-25-27(7-2)42(4)33(45)30(40-25)23-11-10-20(22-9-8-13-49-31(22)23)16-26(34(46)47-5)41-32(44)29-19(3)15-21(17-24(29)36)43-12-14-48-18-28(43)35(37,38)39;1-16-14-39(2)29(42)26(37-16)20-7-6-17(19-5-4-9-46-27(19)20)11-23(30(43)44-3)38-28(41)25-21(32)12-18(13-22(25)33)40-8-10-45-15-24(40)31(34,35)36/h7-8,14,16-17,26,28H,4-6,9-13,15,18H2,1-3H3,(H,41,45);10-11,15,17,26,28H,6-9,12-14,16,18H2,1-5H3,(H,41,44);6-7,12-14,23-24H,4-5,8-11,15H2,1-3H3,(H,38,41)/t2*26-,28+;23-,24+/m000/s1. The lowest BCUT2D eigenvalue weighted by molar-refractivity contribution is -0.167. The number of esters is 3. The van der Waals surface area contributed by atoms with Gasteiger partial charge in [0.1, 0.15) is 105 Å². The monoisotopic (exact) mass is 2040 g/mol. The highest BCUT2D eigenvalue weighted by atomic mass is 19.4. The van der Waals surface area contributed by atoms with Crippen LogP contribution in [-0.2, 0) is 115 Å². The number of hydrogen-bond acceptors (Lipinski definition) is 24. The Hall–Kier alpha value is -13.7. The minimum absolute atomic E-state index is 0.0318. The maximum absolute atomic E-state index is 15.5. The van der Waals surface area contributed by atoms with Crippen molar-refractivity contribution in [3.05, 3.63) is 224 Å². The molecule has 4 saturated heterocycles. The summed E-state index contributed by atoms with van der Waals surface area (Å²) in [4.78, 5) is 132. The van der Waals surface area contributed by atoms with Crippen molar-refractivity contribution in [1.82, 2.24) is 39.6 Å². The van der Waals surface area contributed by atoms with Crippen LogP contribution in [0.3, 0.4) is 0 Å². The summed E-state index contributed by atoms with van der Waals surface area (Å²) in [6.07, 6.45) is -6.96. The van der Waals surface area contributed by atoms with E-state index in [9.17, 15) is 82.7 Å². The molecule has 145 heavy (non-hydrogen) atoms. The first kappa shape index (κ1) is 107. The van der Waals surface area contributed by atoms with Gasteiger partial charge in [0.2, 0.25) is 0 Å². The van der Waals surface area contributed by atoms with Crippen molar-refractivity contribution in [2.75, 3.05) is 133 Å². The lowest BCUT2D eigenvalue weighted by Crippen LogP contribution is -2.53. The summed E-state index contributed by atoms with van der Waals surface area (Å²) in [5.41, 5.74) is 6.26. The largest absolute Gasteiger partial charge is 0.493 e. The van der Waals surface area contributed by atoms with Crippen molar-refractivity contribution in [3.63, 3.8) is 0 Å². The molecule has 0 aliphatic carbocycles. The van der Waals surface area contributed by atoms with Crippen LogP contribution in [0.25, 0.3) is 33.6 Å². The molecule has 9 aromatic rings. The van der Waals surface area contributed by atoms with Crippen LogP contribution >= 0.6 is 0 Å². The first-order chi connectivity index (χ1) is 68.9. The van der Waals surface area contributed by atoms with Crippen LogP contribution in [0.15, 0.2) is 99.4 Å². The molecule has 0 radical (unpaired) electrons. The zero-order chi connectivity index (χ0) is 105. The molecule has 0 spiro atoms. The maximum atomic E-state index is 15.5. The maximum Gasteiger partial charge on any atom is 0.411 e. The fourth-order valence-electron chi connectivity index (χ4n) is 19.1. The number of nitrogens with one attached hydrogen (secondary N) is 3. The number of pyridine rings is 1. The van der Waals surface area contributed by atoms with Crippen molar-refractivity contribution < 1.29 is 133 Å². The molecule has 4 fully saturated rings. The number of amides is 3. The zero-order valence-corrected chi connectivity index (χ0v) is 81.1. The Labute approximate surface area is 822 Å². The fourth-order valence-corrected chi connectivity index (χ4v) is 19.1. The highest BCUT2D eigenvalue weighted by Crippen LogP contribution is 2.46. The van der Waals surface area contributed by atoms with E-state index in [-0.39, 0.29) is 98.0 Å². The van der Waals surface area contributed by atoms with E-state index in [1.165, 1.54) is 17.6 Å². The second-order valence-electron chi connectivity index (χ2n) is 35.8. The molecular weight excluding hydrogens is 1940 g/mol. The first-order valence-electron chi connectivity index (χ1n) is 47.0. The third kappa shape index (κ3) is 23.0. The minimum atomic E-state index is -4.73. The number of carbonyl (C=O) groups is 6. The average Bonchev–Trinajstić information content (AvgIpc) is 0.747. The predicted molar refractivity (Wildman–Crippen MR) is 502 cm³/mol. The molecule has 7 aliphatic heterocycles. The predicted octanol–water partition coefficient (Wildman–Crippen LogP) is 12.7. The summed E-state index contributed by atoms with van der Waals surface area (Å²) in [6.45, 7) is 8.93. The number of methoxy groups -OCH3 is 3. The molecule has 3 N–H and O–H groups in total. The smallest absolute Gasteiger partial charge is 0.411 e. The van der Waals surface area contributed by atoms with Crippen LogP contribution in [0, 0.1) is 49.9 Å².